The molecule has 1 rings (SSSR count). The lowest BCUT2D eigenvalue weighted by Crippen LogP contribution is -2.39. The van der Waals surface area contributed by atoms with E-state index in [4.69, 9.17) is 0 Å². The van der Waals surface area contributed by atoms with Crippen LogP contribution in [0.1, 0.15) is 44.9 Å². The number of hydrogen-bond acceptors (Lipinski definition) is 5. The van der Waals surface area contributed by atoms with Crippen LogP contribution in [0.3, 0.4) is 0 Å². The molecule has 1 aromatic heterocycles. The maximum absolute atomic E-state index is 11.0. The van der Waals surface area contributed by atoms with Gasteiger partial charge in [0.05, 0.1) is 7.11 Å². The minimum absolute atomic E-state index is 0.128. The molecular weight excluding hydrogens is 308 g/mol. The Hall–Kier alpha value is -2.12. The average molecular weight is 338 g/mol. The number of carbonyl (C=O) groups excluding carboxylic acids is 1. The Morgan fingerprint density at radius 3 is 2.71 bits per heavy atom. The minimum Gasteiger partial charge on any atom is -0.469 e. The molecule has 0 unspecified atom stereocenters. The summed E-state index contributed by atoms with van der Waals surface area (Å²) in [6.45, 7) is 4.51. The number of rotatable bonds is 11. The van der Waals surface area contributed by atoms with E-state index in [9.17, 15) is 4.79 Å². The number of ether oxygens (including phenoxy) is 1. The van der Waals surface area contributed by atoms with E-state index in [-0.39, 0.29) is 5.97 Å². The van der Waals surface area contributed by atoms with Crippen molar-refractivity contribution >= 4 is 11.9 Å². The Balaban J connectivity index is 2.07. The monoisotopic (exact) mass is 338 g/mol. The van der Waals surface area contributed by atoms with E-state index in [0.29, 0.717) is 6.42 Å². The van der Waals surface area contributed by atoms with Gasteiger partial charge in [0.1, 0.15) is 12.2 Å². The summed E-state index contributed by atoms with van der Waals surface area (Å²) < 4.78 is 6.66. The van der Waals surface area contributed by atoms with Gasteiger partial charge in [0.2, 0.25) is 0 Å². The fourth-order valence-electron chi connectivity index (χ4n) is 2.31. The standard InChI is InChI=1S/C16H30N6O2/c1-4-14-21-20-13-22(14)12-11-19-16(17-2)18-10-8-6-5-7-9-15(23)24-3/h13H,4-12H2,1-3H3,(H2,17,18,19). The molecule has 0 bridgehead atoms. The lowest BCUT2D eigenvalue weighted by atomic mass is 10.1. The Kier molecular flexibility index (Phi) is 10.2. The van der Waals surface area contributed by atoms with Crippen LogP contribution in [-0.4, -0.2) is 53.9 Å². The summed E-state index contributed by atoms with van der Waals surface area (Å²) >= 11 is 0. The molecule has 0 saturated heterocycles. The molecule has 2 N–H and O–H groups in total. The van der Waals surface area contributed by atoms with Crippen molar-refractivity contribution < 1.29 is 9.53 Å². The quantitative estimate of drug-likeness (QED) is 0.272. The fraction of sp³-hybridized carbons (Fsp3) is 0.750. The molecular formula is C16H30N6O2. The molecule has 8 nitrogen and oxygen atoms in total. The van der Waals surface area contributed by atoms with Crippen molar-refractivity contribution in [2.24, 2.45) is 4.99 Å². The Labute approximate surface area is 144 Å². The van der Waals surface area contributed by atoms with Gasteiger partial charge in [-0.15, -0.1) is 10.2 Å². The van der Waals surface area contributed by atoms with Crippen LogP contribution in [-0.2, 0) is 22.5 Å². The maximum Gasteiger partial charge on any atom is 0.305 e. The van der Waals surface area contributed by atoms with Gasteiger partial charge in [0.25, 0.3) is 0 Å². The number of carbonyl (C=O) groups is 1. The first-order chi connectivity index (χ1) is 11.7. The summed E-state index contributed by atoms with van der Waals surface area (Å²) in [7, 11) is 3.19. The summed E-state index contributed by atoms with van der Waals surface area (Å²) in [5.41, 5.74) is 0. The lowest BCUT2D eigenvalue weighted by Gasteiger charge is -2.12. The minimum atomic E-state index is -0.128. The zero-order chi connectivity index (χ0) is 17.6. The highest BCUT2D eigenvalue weighted by Gasteiger charge is 2.02. The smallest absolute Gasteiger partial charge is 0.305 e. The summed E-state index contributed by atoms with van der Waals surface area (Å²) in [4.78, 5) is 15.2. The third-order valence-electron chi connectivity index (χ3n) is 3.71. The van der Waals surface area contributed by atoms with Crippen LogP contribution in [0.2, 0.25) is 0 Å². The molecule has 0 atom stereocenters. The number of esters is 1. The van der Waals surface area contributed by atoms with Gasteiger partial charge in [-0.05, 0) is 12.8 Å². The van der Waals surface area contributed by atoms with Crippen molar-refractivity contribution in [3.05, 3.63) is 12.2 Å². The molecule has 8 heteroatoms. The number of nitrogens with one attached hydrogen (secondary N) is 2. The van der Waals surface area contributed by atoms with Gasteiger partial charge in [-0.2, -0.15) is 0 Å². The molecule has 0 amide bonds. The van der Waals surface area contributed by atoms with Gasteiger partial charge in [-0.25, -0.2) is 0 Å². The van der Waals surface area contributed by atoms with Gasteiger partial charge in [0, 0.05) is 39.5 Å². The first-order valence-corrected chi connectivity index (χ1v) is 8.59. The first-order valence-electron chi connectivity index (χ1n) is 8.59. The van der Waals surface area contributed by atoms with Crippen molar-refractivity contribution in [1.82, 2.24) is 25.4 Å². The number of aromatic nitrogens is 3. The molecule has 1 heterocycles. The summed E-state index contributed by atoms with van der Waals surface area (Å²) in [6, 6.07) is 0. The molecule has 0 saturated carbocycles. The first kappa shape index (κ1) is 19.9. The van der Waals surface area contributed by atoms with Crippen LogP contribution in [0.15, 0.2) is 11.3 Å². The van der Waals surface area contributed by atoms with E-state index in [0.717, 1.165) is 63.5 Å². The molecule has 0 spiro atoms. The number of unbranched alkanes of at least 4 members (excludes halogenated alkanes) is 3. The van der Waals surface area contributed by atoms with Gasteiger partial charge in [-0.1, -0.05) is 19.8 Å². The number of guanidine groups is 1. The van der Waals surface area contributed by atoms with Crippen molar-refractivity contribution in [3.63, 3.8) is 0 Å². The highest BCUT2D eigenvalue weighted by Crippen LogP contribution is 2.03. The van der Waals surface area contributed by atoms with Crippen molar-refractivity contribution in [1.29, 1.82) is 0 Å². The van der Waals surface area contributed by atoms with Crippen LogP contribution in [0, 0.1) is 0 Å². The predicted octanol–water partition coefficient (Wildman–Crippen LogP) is 1.13. The molecule has 0 aromatic carbocycles. The fourth-order valence-corrected chi connectivity index (χ4v) is 2.31. The Bertz CT molecular complexity index is 501. The summed E-state index contributed by atoms with van der Waals surface area (Å²) in [5.74, 6) is 1.67. The number of methoxy groups -OCH3 is 1. The third-order valence-corrected chi connectivity index (χ3v) is 3.71. The highest BCUT2D eigenvalue weighted by molar-refractivity contribution is 5.79. The van der Waals surface area contributed by atoms with Gasteiger partial charge in [0.15, 0.2) is 5.96 Å². The van der Waals surface area contributed by atoms with E-state index in [2.05, 4.69) is 37.5 Å². The van der Waals surface area contributed by atoms with E-state index >= 15 is 0 Å². The van der Waals surface area contributed by atoms with Crippen LogP contribution < -0.4 is 10.6 Å². The summed E-state index contributed by atoms with van der Waals surface area (Å²) in [6.07, 6.45) is 7.20. The maximum atomic E-state index is 11.0. The Morgan fingerprint density at radius 1 is 1.25 bits per heavy atom. The van der Waals surface area contributed by atoms with Gasteiger partial charge >= 0.3 is 5.97 Å². The topological polar surface area (TPSA) is 93.4 Å². The lowest BCUT2D eigenvalue weighted by molar-refractivity contribution is -0.140. The van der Waals surface area contributed by atoms with E-state index in [1.807, 2.05) is 4.57 Å². The highest BCUT2D eigenvalue weighted by atomic mass is 16.5. The molecule has 1 aromatic rings. The largest absolute Gasteiger partial charge is 0.469 e. The SMILES string of the molecule is CCc1nncn1CCNC(=NC)NCCCCCCC(=O)OC. The molecule has 24 heavy (non-hydrogen) atoms. The number of nitrogens with zero attached hydrogens (tertiary/aromatic N) is 4. The second-order valence-electron chi connectivity index (χ2n) is 5.46. The zero-order valence-electron chi connectivity index (χ0n) is 15.0. The molecule has 0 aliphatic rings. The number of aryl methyl sites for hydroxylation is 1. The third kappa shape index (κ3) is 7.94. The van der Waals surface area contributed by atoms with Crippen LogP contribution >= 0.6 is 0 Å². The van der Waals surface area contributed by atoms with Crippen LogP contribution in [0.5, 0.6) is 0 Å². The molecule has 0 aliphatic heterocycles. The average Bonchev–Trinajstić information content (AvgIpc) is 3.06. The van der Waals surface area contributed by atoms with Crippen molar-refractivity contribution in [2.45, 2.75) is 52.0 Å². The molecule has 0 radical (unpaired) electrons. The van der Waals surface area contributed by atoms with E-state index in [1.165, 1.54) is 7.11 Å². The normalized spacial score (nSPS) is 11.4. The molecule has 0 aliphatic carbocycles. The van der Waals surface area contributed by atoms with Crippen LogP contribution in [0.4, 0.5) is 0 Å². The number of aliphatic imine (C=N–C) groups is 1. The second kappa shape index (κ2) is 12.3. The van der Waals surface area contributed by atoms with Crippen molar-refractivity contribution in [2.75, 3.05) is 27.2 Å². The predicted molar refractivity (Wildman–Crippen MR) is 93.9 cm³/mol. The van der Waals surface area contributed by atoms with Gasteiger partial charge in [-0.3, -0.25) is 9.79 Å². The van der Waals surface area contributed by atoms with E-state index in [1.54, 1.807) is 13.4 Å². The zero-order valence-corrected chi connectivity index (χ0v) is 15.0. The molecule has 136 valence electrons. The van der Waals surface area contributed by atoms with E-state index < -0.39 is 0 Å². The number of hydrogen-bond donors (Lipinski definition) is 2. The van der Waals surface area contributed by atoms with Crippen molar-refractivity contribution in [3.8, 4) is 0 Å². The molecule has 0 fully saturated rings. The Morgan fingerprint density at radius 2 is 2.00 bits per heavy atom. The van der Waals surface area contributed by atoms with Crippen LogP contribution in [0.25, 0.3) is 0 Å². The summed E-state index contributed by atoms with van der Waals surface area (Å²) in [5, 5.41) is 14.6. The van der Waals surface area contributed by atoms with Gasteiger partial charge < -0.3 is 19.9 Å². The second-order valence-corrected chi connectivity index (χ2v) is 5.46.